The van der Waals surface area contributed by atoms with Gasteiger partial charge < -0.3 is 15.1 Å². The van der Waals surface area contributed by atoms with E-state index in [-0.39, 0.29) is 18.0 Å². The third kappa shape index (κ3) is 3.67. The van der Waals surface area contributed by atoms with Gasteiger partial charge in [0.1, 0.15) is 5.76 Å². The molecule has 1 saturated heterocycles. The molecule has 1 aromatic rings. The Kier molecular flexibility index (Phi) is 4.63. The van der Waals surface area contributed by atoms with E-state index in [1.165, 1.54) is 25.7 Å². The number of hydrogen-bond acceptors (Lipinski definition) is 3. The molecule has 21 heavy (non-hydrogen) atoms. The molecular weight excluding hydrogens is 264 g/mol. The van der Waals surface area contributed by atoms with Crippen LogP contribution in [0.5, 0.6) is 0 Å². The molecule has 1 aliphatic carbocycles. The molecule has 2 aliphatic rings. The summed E-state index contributed by atoms with van der Waals surface area (Å²) in [5.41, 5.74) is 0. The zero-order valence-electron chi connectivity index (χ0n) is 12.8. The summed E-state index contributed by atoms with van der Waals surface area (Å²) in [4.78, 5) is 12.4. The van der Waals surface area contributed by atoms with E-state index < -0.39 is 0 Å². The lowest BCUT2D eigenvalue weighted by Gasteiger charge is -2.24. The zero-order valence-corrected chi connectivity index (χ0v) is 12.8. The van der Waals surface area contributed by atoms with Crippen LogP contribution in [-0.4, -0.2) is 24.0 Å². The van der Waals surface area contributed by atoms with Gasteiger partial charge in [-0.25, -0.2) is 0 Å². The minimum atomic E-state index is 0.0177. The van der Waals surface area contributed by atoms with E-state index in [4.69, 9.17) is 4.42 Å². The summed E-state index contributed by atoms with van der Waals surface area (Å²) in [6.45, 7) is 2.07. The van der Waals surface area contributed by atoms with Gasteiger partial charge in [0.25, 0.3) is 0 Å². The maximum Gasteiger partial charge on any atom is 0.237 e. The van der Waals surface area contributed by atoms with Crippen LogP contribution in [-0.2, 0) is 11.2 Å². The number of nitrogens with one attached hydrogen (secondary N) is 2. The molecule has 4 heteroatoms. The average Bonchev–Trinajstić information content (AvgIpc) is 3.14. The molecule has 2 N–H and O–H groups in total. The van der Waals surface area contributed by atoms with Crippen LogP contribution in [0.1, 0.15) is 51.2 Å². The Balaban J connectivity index is 1.43. The van der Waals surface area contributed by atoms with Gasteiger partial charge >= 0.3 is 0 Å². The quantitative estimate of drug-likeness (QED) is 0.876. The number of fused-ring (bicyclic) bond motifs is 1. The highest BCUT2D eigenvalue weighted by atomic mass is 16.3. The number of furan rings is 1. The number of amides is 1. The van der Waals surface area contributed by atoms with Crippen LogP contribution < -0.4 is 10.6 Å². The summed E-state index contributed by atoms with van der Waals surface area (Å²) >= 11 is 0. The van der Waals surface area contributed by atoms with Gasteiger partial charge in [-0.05, 0) is 50.7 Å². The molecule has 4 atom stereocenters. The Hall–Kier alpha value is -1.29. The molecule has 1 aromatic heterocycles. The molecule has 1 saturated carbocycles. The van der Waals surface area contributed by atoms with Crippen molar-refractivity contribution < 1.29 is 9.21 Å². The van der Waals surface area contributed by atoms with Gasteiger partial charge in [0.15, 0.2) is 0 Å². The van der Waals surface area contributed by atoms with Crippen molar-refractivity contribution in [3.8, 4) is 0 Å². The molecule has 0 aromatic carbocycles. The fourth-order valence-electron chi connectivity index (χ4n) is 3.75. The van der Waals surface area contributed by atoms with Crippen molar-refractivity contribution in [2.24, 2.45) is 5.92 Å². The van der Waals surface area contributed by atoms with E-state index in [2.05, 4.69) is 17.6 Å². The number of carbonyl (C=O) groups excluding carboxylic acids is 1. The first-order chi connectivity index (χ1) is 10.2. The lowest BCUT2D eigenvalue weighted by molar-refractivity contribution is -0.123. The molecule has 1 aliphatic heterocycles. The van der Waals surface area contributed by atoms with Crippen molar-refractivity contribution in [2.75, 3.05) is 0 Å². The van der Waals surface area contributed by atoms with E-state index in [0.29, 0.717) is 12.0 Å². The van der Waals surface area contributed by atoms with Crippen LogP contribution in [0.2, 0.25) is 0 Å². The summed E-state index contributed by atoms with van der Waals surface area (Å²) in [6.07, 6.45) is 9.66. The minimum absolute atomic E-state index is 0.0177. The molecule has 0 bridgehead atoms. The highest BCUT2D eigenvalue weighted by Gasteiger charge is 2.38. The molecular formula is C17H26N2O2. The summed E-state index contributed by atoms with van der Waals surface area (Å²) in [6, 6.07) is 4.67. The maximum absolute atomic E-state index is 12.4. The summed E-state index contributed by atoms with van der Waals surface area (Å²) in [5, 5.41) is 6.69. The SMILES string of the molecule is CC(CCc1ccco1)NC(=O)C1CC2CCCCC2N1. The second kappa shape index (κ2) is 6.65. The van der Waals surface area contributed by atoms with Crippen LogP contribution in [0.3, 0.4) is 0 Å². The fraction of sp³-hybridized carbons (Fsp3) is 0.706. The van der Waals surface area contributed by atoms with Crippen molar-refractivity contribution >= 4 is 5.91 Å². The zero-order chi connectivity index (χ0) is 14.7. The van der Waals surface area contributed by atoms with Gasteiger partial charge in [0, 0.05) is 18.5 Å². The van der Waals surface area contributed by atoms with Crippen LogP contribution in [0.15, 0.2) is 22.8 Å². The molecule has 2 heterocycles. The number of aryl methyl sites for hydroxylation is 1. The second-order valence-electron chi connectivity index (χ2n) is 6.63. The Morgan fingerprint density at radius 2 is 2.33 bits per heavy atom. The lowest BCUT2D eigenvalue weighted by atomic mass is 9.85. The number of carbonyl (C=O) groups is 1. The standard InChI is InChI=1S/C17H26N2O2/c1-12(8-9-14-6-4-10-21-14)18-17(20)16-11-13-5-2-3-7-15(13)19-16/h4,6,10,12-13,15-16,19H,2-3,5,7-9,11H2,1H3,(H,18,20). The first-order valence-corrected chi connectivity index (χ1v) is 8.31. The summed E-state index contributed by atoms with van der Waals surface area (Å²) < 4.78 is 5.33. The number of rotatable bonds is 5. The summed E-state index contributed by atoms with van der Waals surface area (Å²) in [7, 11) is 0. The second-order valence-corrected chi connectivity index (χ2v) is 6.63. The van der Waals surface area contributed by atoms with Crippen molar-refractivity contribution in [3.05, 3.63) is 24.2 Å². The Labute approximate surface area is 126 Å². The first-order valence-electron chi connectivity index (χ1n) is 8.31. The summed E-state index contributed by atoms with van der Waals surface area (Å²) in [5.74, 6) is 1.88. The highest BCUT2D eigenvalue weighted by molar-refractivity contribution is 5.82. The average molecular weight is 290 g/mol. The van der Waals surface area contributed by atoms with Crippen LogP contribution >= 0.6 is 0 Å². The minimum Gasteiger partial charge on any atom is -0.469 e. The molecule has 4 nitrogen and oxygen atoms in total. The van der Waals surface area contributed by atoms with Crippen LogP contribution in [0.25, 0.3) is 0 Å². The Morgan fingerprint density at radius 1 is 1.48 bits per heavy atom. The normalized spacial score (nSPS) is 29.9. The maximum atomic E-state index is 12.4. The third-order valence-corrected chi connectivity index (χ3v) is 4.97. The van der Waals surface area contributed by atoms with Crippen molar-refractivity contribution in [2.45, 2.75) is 70.0 Å². The topological polar surface area (TPSA) is 54.3 Å². The Morgan fingerprint density at radius 3 is 3.10 bits per heavy atom. The smallest absolute Gasteiger partial charge is 0.237 e. The fourth-order valence-corrected chi connectivity index (χ4v) is 3.75. The largest absolute Gasteiger partial charge is 0.469 e. The Bertz CT molecular complexity index is 443. The van der Waals surface area contributed by atoms with Crippen molar-refractivity contribution in [1.82, 2.24) is 10.6 Å². The molecule has 3 rings (SSSR count). The van der Waals surface area contributed by atoms with Crippen molar-refractivity contribution in [1.29, 1.82) is 0 Å². The lowest BCUT2D eigenvalue weighted by Crippen LogP contribution is -2.46. The van der Waals surface area contributed by atoms with E-state index in [1.807, 2.05) is 12.1 Å². The molecule has 116 valence electrons. The van der Waals surface area contributed by atoms with Gasteiger partial charge in [0.2, 0.25) is 5.91 Å². The van der Waals surface area contributed by atoms with Crippen molar-refractivity contribution in [3.63, 3.8) is 0 Å². The van der Waals surface area contributed by atoms with Gasteiger partial charge in [0.05, 0.1) is 12.3 Å². The van der Waals surface area contributed by atoms with Crippen LogP contribution in [0.4, 0.5) is 0 Å². The van der Waals surface area contributed by atoms with Gasteiger partial charge in [-0.1, -0.05) is 12.8 Å². The predicted octanol–water partition coefficient (Wildman–Crippen LogP) is 2.64. The van der Waals surface area contributed by atoms with Crippen LogP contribution in [0, 0.1) is 5.92 Å². The van der Waals surface area contributed by atoms with E-state index in [9.17, 15) is 4.79 Å². The molecule has 0 spiro atoms. The van der Waals surface area contributed by atoms with E-state index >= 15 is 0 Å². The van der Waals surface area contributed by atoms with Gasteiger partial charge in [-0.15, -0.1) is 0 Å². The monoisotopic (exact) mass is 290 g/mol. The van der Waals surface area contributed by atoms with E-state index in [0.717, 1.165) is 25.0 Å². The first kappa shape index (κ1) is 14.6. The third-order valence-electron chi connectivity index (χ3n) is 4.97. The van der Waals surface area contributed by atoms with Gasteiger partial charge in [-0.2, -0.15) is 0 Å². The molecule has 0 radical (unpaired) electrons. The predicted molar refractivity (Wildman–Crippen MR) is 81.9 cm³/mol. The highest BCUT2D eigenvalue weighted by Crippen LogP contribution is 2.33. The van der Waals surface area contributed by atoms with Gasteiger partial charge in [-0.3, -0.25) is 4.79 Å². The van der Waals surface area contributed by atoms with E-state index in [1.54, 1.807) is 6.26 Å². The molecule has 4 unspecified atom stereocenters. The molecule has 2 fully saturated rings. The number of hydrogen-bond donors (Lipinski definition) is 2. The molecule has 1 amide bonds.